The van der Waals surface area contributed by atoms with Crippen LogP contribution in [-0.4, -0.2) is 42.9 Å². The highest BCUT2D eigenvalue weighted by Gasteiger charge is 2.30. The van der Waals surface area contributed by atoms with Gasteiger partial charge < -0.3 is 19.5 Å². The van der Waals surface area contributed by atoms with E-state index in [1.54, 1.807) is 31.4 Å². The van der Waals surface area contributed by atoms with E-state index in [-0.39, 0.29) is 25.3 Å². The molecule has 0 aliphatic carbocycles. The largest absolute Gasteiger partial charge is 0.490 e. The number of nitrogens with zero attached hydrogens (tertiary/aromatic N) is 2. The number of benzene rings is 2. The van der Waals surface area contributed by atoms with Crippen molar-refractivity contribution < 1.29 is 37.0 Å². The van der Waals surface area contributed by atoms with Crippen LogP contribution in [-0.2, 0) is 26.9 Å². The lowest BCUT2D eigenvalue weighted by molar-refractivity contribution is -0.145. The number of ether oxygens (including phenoxy) is 3. The number of esters is 1. The zero-order valence-electron chi connectivity index (χ0n) is 20.8. The summed E-state index contributed by atoms with van der Waals surface area (Å²) in [6, 6.07) is 8.00. The smallest absolute Gasteiger partial charge is 0.416 e. The Bertz CT molecular complexity index is 1330. The first-order valence-corrected chi connectivity index (χ1v) is 13.2. The van der Waals surface area contributed by atoms with Crippen LogP contribution >= 0.6 is 27.3 Å². The van der Waals surface area contributed by atoms with Crippen LogP contribution in [0.3, 0.4) is 0 Å². The predicted molar refractivity (Wildman–Crippen MR) is 144 cm³/mol. The molecular formula is C25H24BrF3N4O5S. The van der Waals surface area contributed by atoms with E-state index < -0.39 is 23.6 Å². The SMILES string of the molecule is CCOC(=O)COc1cc(Br)c(/C=N\NC(=O)Cc2csc(Nc3cccc(C(F)(F)F)c3)n2)cc1OCC. The van der Waals surface area contributed by atoms with Crippen LogP contribution in [0.15, 0.2) is 51.4 Å². The summed E-state index contributed by atoms with van der Waals surface area (Å²) in [5.74, 6) is -0.252. The van der Waals surface area contributed by atoms with Gasteiger partial charge in [-0.2, -0.15) is 18.3 Å². The molecular weight excluding hydrogens is 605 g/mol. The zero-order valence-corrected chi connectivity index (χ0v) is 23.2. The molecule has 3 rings (SSSR count). The molecule has 1 aromatic heterocycles. The molecule has 208 valence electrons. The molecule has 2 aromatic carbocycles. The number of rotatable bonds is 12. The van der Waals surface area contributed by atoms with Gasteiger partial charge in [-0.25, -0.2) is 15.2 Å². The number of hydrazone groups is 1. The minimum atomic E-state index is -4.45. The number of amides is 1. The Labute approximate surface area is 234 Å². The van der Waals surface area contributed by atoms with Crippen LogP contribution in [0.1, 0.15) is 30.7 Å². The molecule has 0 radical (unpaired) electrons. The van der Waals surface area contributed by atoms with E-state index in [0.29, 0.717) is 39.0 Å². The lowest BCUT2D eigenvalue weighted by Gasteiger charge is -2.13. The second kappa shape index (κ2) is 13.9. The van der Waals surface area contributed by atoms with Gasteiger partial charge in [-0.3, -0.25) is 4.79 Å². The first-order valence-electron chi connectivity index (χ1n) is 11.5. The summed E-state index contributed by atoms with van der Waals surface area (Å²) >= 11 is 4.56. The number of aromatic nitrogens is 1. The third-order valence-corrected chi connectivity index (χ3v) is 6.23. The van der Waals surface area contributed by atoms with Crippen LogP contribution in [0.2, 0.25) is 0 Å². The third-order valence-electron chi connectivity index (χ3n) is 4.74. The van der Waals surface area contributed by atoms with E-state index in [9.17, 15) is 22.8 Å². The van der Waals surface area contributed by atoms with Gasteiger partial charge in [0.2, 0.25) is 5.91 Å². The monoisotopic (exact) mass is 628 g/mol. The summed E-state index contributed by atoms with van der Waals surface area (Å²) in [7, 11) is 0. The molecule has 0 atom stereocenters. The van der Waals surface area contributed by atoms with Gasteiger partial charge in [-0.15, -0.1) is 11.3 Å². The lowest BCUT2D eigenvalue weighted by atomic mass is 10.2. The molecule has 0 fully saturated rings. The van der Waals surface area contributed by atoms with E-state index in [2.05, 4.69) is 36.8 Å². The normalized spacial score (nSPS) is 11.3. The summed E-state index contributed by atoms with van der Waals surface area (Å²) in [5.41, 5.74) is 2.85. The molecule has 0 unspecified atom stereocenters. The van der Waals surface area contributed by atoms with Crippen molar-refractivity contribution in [1.29, 1.82) is 0 Å². The van der Waals surface area contributed by atoms with Crippen molar-refractivity contribution in [2.24, 2.45) is 5.10 Å². The van der Waals surface area contributed by atoms with Crippen LogP contribution in [0.5, 0.6) is 11.5 Å². The standard InChI is InChI=1S/C25H24BrF3N4O5S/c1-3-36-20-8-15(19(26)11-21(20)38-13-23(35)37-4-2)12-30-33-22(34)10-18-14-39-24(32-18)31-17-7-5-6-16(9-17)25(27,28)29/h5-9,11-12,14H,3-4,10,13H2,1-2H3,(H,31,32)(H,33,34)/b30-12-. The Kier molecular flexibility index (Phi) is 10.7. The Balaban J connectivity index is 1.58. The number of alkyl halides is 3. The average molecular weight is 629 g/mol. The number of hydrogen-bond donors (Lipinski definition) is 2. The fraction of sp³-hybridized carbons (Fsp3) is 0.280. The Morgan fingerprint density at radius 2 is 1.90 bits per heavy atom. The molecule has 2 N–H and O–H groups in total. The lowest BCUT2D eigenvalue weighted by Crippen LogP contribution is -2.20. The maximum absolute atomic E-state index is 12.9. The van der Waals surface area contributed by atoms with Gasteiger partial charge in [0.05, 0.1) is 37.1 Å². The van der Waals surface area contributed by atoms with Gasteiger partial charge in [0, 0.05) is 21.1 Å². The van der Waals surface area contributed by atoms with Gasteiger partial charge in [-0.05, 0) is 60.1 Å². The molecule has 9 nitrogen and oxygen atoms in total. The quantitative estimate of drug-likeness (QED) is 0.150. The number of carbonyl (C=O) groups excluding carboxylic acids is 2. The summed E-state index contributed by atoms with van der Waals surface area (Å²) in [5, 5.41) is 8.75. The zero-order chi connectivity index (χ0) is 28.4. The van der Waals surface area contributed by atoms with Crippen molar-refractivity contribution in [3.8, 4) is 11.5 Å². The van der Waals surface area contributed by atoms with E-state index in [1.165, 1.54) is 18.3 Å². The van der Waals surface area contributed by atoms with E-state index in [1.807, 2.05) is 0 Å². The Morgan fingerprint density at radius 3 is 2.62 bits per heavy atom. The minimum Gasteiger partial charge on any atom is -0.490 e. The third kappa shape index (κ3) is 9.25. The van der Waals surface area contributed by atoms with Gasteiger partial charge in [0.15, 0.2) is 23.2 Å². The summed E-state index contributed by atoms with van der Waals surface area (Å²) in [4.78, 5) is 28.2. The number of nitrogens with one attached hydrogen (secondary N) is 2. The summed E-state index contributed by atoms with van der Waals surface area (Å²) in [6.45, 7) is 3.81. The second-order valence-corrected chi connectivity index (χ2v) is 9.38. The van der Waals surface area contributed by atoms with E-state index in [0.717, 1.165) is 23.5 Å². The first-order chi connectivity index (χ1) is 18.6. The highest BCUT2D eigenvalue weighted by atomic mass is 79.9. The fourth-order valence-corrected chi connectivity index (χ4v) is 4.25. The van der Waals surface area contributed by atoms with Crippen LogP contribution < -0.4 is 20.2 Å². The van der Waals surface area contributed by atoms with Gasteiger partial charge in [-0.1, -0.05) is 6.07 Å². The predicted octanol–water partition coefficient (Wildman–Crippen LogP) is 5.70. The minimum absolute atomic E-state index is 0.0931. The van der Waals surface area contributed by atoms with Crippen molar-refractivity contribution in [2.45, 2.75) is 26.4 Å². The molecule has 0 saturated carbocycles. The molecule has 0 bridgehead atoms. The fourth-order valence-electron chi connectivity index (χ4n) is 3.09. The van der Waals surface area contributed by atoms with Crippen molar-refractivity contribution in [3.63, 3.8) is 0 Å². The molecule has 0 aliphatic rings. The van der Waals surface area contributed by atoms with Gasteiger partial charge in [0.1, 0.15) is 0 Å². The number of anilines is 2. The maximum atomic E-state index is 12.9. The maximum Gasteiger partial charge on any atom is 0.416 e. The molecule has 3 aromatic rings. The first kappa shape index (κ1) is 29.9. The summed E-state index contributed by atoms with van der Waals surface area (Å²) < 4.78 is 55.3. The second-order valence-electron chi connectivity index (χ2n) is 7.66. The molecule has 0 spiro atoms. The van der Waals surface area contributed by atoms with Gasteiger partial charge >= 0.3 is 12.1 Å². The number of carbonyl (C=O) groups is 2. The van der Waals surface area contributed by atoms with Crippen LogP contribution in [0, 0.1) is 0 Å². The van der Waals surface area contributed by atoms with E-state index >= 15 is 0 Å². The highest BCUT2D eigenvalue weighted by molar-refractivity contribution is 9.10. The molecule has 39 heavy (non-hydrogen) atoms. The molecule has 0 aliphatic heterocycles. The highest BCUT2D eigenvalue weighted by Crippen LogP contribution is 2.34. The van der Waals surface area contributed by atoms with Gasteiger partial charge in [0.25, 0.3) is 0 Å². The van der Waals surface area contributed by atoms with Crippen LogP contribution in [0.25, 0.3) is 0 Å². The number of halogens is 4. The van der Waals surface area contributed by atoms with Crippen LogP contribution in [0.4, 0.5) is 24.0 Å². The number of thiazole rings is 1. The topological polar surface area (TPSA) is 111 Å². The Morgan fingerprint density at radius 1 is 1.13 bits per heavy atom. The molecule has 14 heteroatoms. The van der Waals surface area contributed by atoms with Crippen molar-refractivity contribution >= 4 is 56.2 Å². The molecule has 1 heterocycles. The van der Waals surface area contributed by atoms with Crippen molar-refractivity contribution in [1.82, 2.24) is 10.4 Å². The summed E-state index contributed by atoms with van der Waals surface area (Å²) in [6.07, 6.45) is -3.14. The molecule has 0 saturated heterocycles. The van der Waals surface area contributed by atoms with Crippen molar-refractivity contribution in [3.05, 3.63) is 63.1 Å². The average Bonchev–Trinajstić information content (AvgIpc) is 3.31. The number of hydrogen-bond acceptors (Lipinski definition) is 9. The van der Waals surface area contributed by atoms with E-state index in [4.69, 9.17) is 14.2 Å². The molecule has 1 amide bonds. The Hall–Kier alpha value is -3.65. The van der Waals surface area contributed by atoms with Crippen molar-refractivity contribution in [2.75, 3.05) is 25.1 Å².